The van der Waals surface area contributed by atoms with E-state index in [0.29, 0.717) is 26.2 Å². The summed E-state index contributed by atoms with van der Waals surface area (Å²) in [6, 6.07) is 12.3. The smallest absolute Gasteiger partial charge is 0.227 e. The van der Waals surface area contributed by atoms with Gasteiger partial charge in [-0.3, -0.25) is 9.59 Å². The van der Waals surface area contributed by atoms with Crippen LogP contribution in [0.1, 0.15) is 23.5 Å². The van der Waals surface area contributed by atoms with Gasteiger partial charge in [-0.05, 0) is 47.7 Å². The predicted molar refractivity (Wildman–Crippen MR) is 101 cm³/mol. The molecule has 0 aromatic heterocycles. The lowest BCUT2D eigenvalue weighted by atomic mass is 10.1. The number of carbonyl (C=O) groups excluding carboxylic acids is 2. The summed E-state index contributed by atoms with van der Waals surface area (Å²) in [5, 5.41) is 0. The first-order chi connectivity index (χ1) is 13.5. The van der Waals surface area contributed by atoms with Crippen LogP contribution >= 0.6 is 0 Å². The fourth-order valence-corrected chi connectivity index (χ4v) is 3.85. The third kappa shape index (κ3) is 4.06. The van der Waals surface area contributed by atoms with E-state index in [4.69, 9.17) is 0 Å². The van der Waals surface area contributed by atoms with Crippen LogP contribution in [0.5, 0.6) is 0 Å². The van der Waals surface area contributed by atoms with Crippen LogP contribution in [0.2, 0.25) is 0 Å². The van der Waals surface area contributed by atoms with E-state index in [1.807, 2.05) is 4.90 Å². The minimum absolute atomic E-state index is 0.00526. The van der Waals surface area contributed by atoms with Crippen LogP contribution < -0.4 is 0 Å². The number of rotatable bonds is 4. The molecule has 4 rings (SSSR count). The molecule has 1 aliphatic carbocycles. The van der Waals surface area contributed by atoms with E-state index in [2.05, 4.69) is 0 Å². The van der Waals surface area contributed by atoms with E-state index in [-0.39, 0.29) is 41.7 Å². The molecule has 2 aliphatic rings. The number of benzene rings is 2. The number of carbonyl (C=O) groups is 2. The van der Waals surface area contributed by atoms with Gasteiger partial charge in [-0.25, -0.2) is 8.78 Å². The van der Waals surface area contributed by atoms with Crippen molar-refractivity contribution >= 4 is 11.8 Å². The quantitative estimate of drug-likeness (QED) is 0.813. The standard InChI is InChI=1S/C22H22F2N2O2/c23-17-5-1-15(2-6-17)13-21(27)25-9-11-26(12-10-25)22(28)20-14-19(20)16-3-7-18(24)8-4-16/h1-8,19-20H,9-14H2. The molecule has 2 aromatic carbocycles. The molecule has 1 saturated heterocycles. The van der Waals surface area contributed by atoms with Crippen molar-refractivity contribution in [2.24, 2.45) is 5.92 Å². The number of hydrogen-bond donors (Lipinski definition) is 0. The van der Waals surface area contributed by atoms with Crippen LogP contribution in [0.4, 0.5) is 8.78 Å². The van der Waals surface area contributed by atoms with Gasteiger partial charge in [0, 0.05) is 32.1 Å². The van der Waals surface area contributed by atoms with Gasteiger partial charge in [0.25, 0.3) is 0 Å². The molecule has 0 N–H and O–H groups in total. The summed E-state index contributed by atoms with van der Waals surface area (Å²) in [5.74, 6) is -0.330. The normalized spacial score (nSPS) is 21.5. The largest absolute Gasteiger partial charge is 0.339 e. The Balaban J connectivity index is 1.27. The summed E-state index contributed by atoms with van der Waals surface area (Å²) < 4.78 is 26.0. The maximum atomic E-state index is 13.1. The lowest BCUT2D eigenvalue weighted by Crippen LogP contribution is -2.51. The molecule has 146 valence electrons. The molecule has 2 unspecified atom stereocenters. The van der Waals surface area contributed by atoms with E-state index in [0.717, 1.165) is 17.5 Å². The fraction of sp³-hybridized carbons (Fsp3) is 0.364. The molecule has 2 atom stereocenters. The van der Waals surface area contributed by atoms with Gasteiger partial charge in [0.05, 0.1) is 6.42 Å². The van der Waals surface area contributed by atoms with Crippen molar-refractivity contribution in [3.8, 4) is 0 Å². The first-order valence-corrected chi connectivity index (χ1v) is 9.58. The van der Waals surface area contributed by atoms with Crippen molar-refractivity contribution in [3.05, 3.63) is 71.3 Å². The van der Waals surface area contributed by atoms with E-state index < -0.39 is 0 Å². The van der Waals surface area contributed by atoms with Crippen molar-refractivity contribution in [2.75, 3.05) is 26.2 Å². The molecule has 1 aliphatic heterocycles. The molecule has 1 heterocycles. The highest BCUT2D eigenvalue weighted by atomic mass is 19.1. The summed E-state index contributed by atoms with van der Waals surface area (Å²) >= 11 is 0. The summed E-state index contributed by atoms with van der Waals surface area (Å²) in [5.41, 5.74) is 1.79. The molecule has 4 nitrogen and oxygen atoms in total. The van der Waals surface area contributed by atoms with Crippen LogP contribution in [0.25, 0.3) is 0 Å². The van der Waals surface area contributed by atoms with Crippen LogP contribution in [-0.2, 0) is 16.0 Å². The van der Waals surface area contributed by atoms with Crippen LogP contribution in [0.3, 0.4) is 0 Å². The highest BCUT2D eigenvalue weighted by molar-refractivity contribution is 5.84. The Hall–Kier alpha value is -2.76. The molecular formula is C22H22F2N2O2. The molecule has 28 heavy (non-hydrogen) atoms. The average Bonchev–Trinajstić information content (AvgIpc) is 3.51. The molecule has 1 saturated carbocycles. The van der Waals surface area contributed by atoms with Crippen molar-refractivity contribution in [3.63, 3.8) is 0 Å². The van der Waals surface area contributed by atoms with E-state index in [1.54, 1.807) is 29.2 Å². The molecule has 6 heteroatoms. The summed E-state index contributed by atoms with van der Waals surface area (Å²) in [6.07, 6.45) is 1.04. The molecular weight excluding hydrogens is 362 g/mol. The maximum Gasteiger partial charge on any atom is 0.227 e. The second kappa shape index (κ2) is 7.70. The Morgan fingerprint density at radius 1 is 0.821 bits per heavy atom. The Bertz CT molecular complexity index is 859. The molecule has 0 radical (unpaired) electrons. The van der Waals surface area contributed by atoms with Crippen LogP contribution in [-0.4, -0.2) is 47.8 Å². The van der Waals surface area contributed by atoms with Gasteiger partial charge in [0.1, 0.15) is 11.6 Å². The average molecular weight is 384 g/mol. The second-order valence-corrected chi connectivity index (χ2v) is 7.51. The van der Waals surface area contributed by atoms with E-state index >= 15 is 0 Å². The second-order valence-electron chi connectivity index (χ2n) is 7.51. The zero-order valence-corrected chi connectivity index (χ0v) is 15.5. The monoisotopic (exact) mass is 384 g/mol. The summed E-state index contributed by atoms with van der Waals surface area (Å²) in [7, 11) is 0. The third-order valence-electron chi connectivity index (χ3n) is 5.62. The Morgan fingerprint density at radius 2 is 1.36 bits per heavy atom. The highest BCUT2D eigenvalue weighted by Crippen LogP contribution is 2.48. The van der Waals surface area contributed by atoms with Gasteiger partial charge in [-0.2, -0.15) is 0 Å². The number of piperazine rings is 1. The zero-order chi connectivity index (χ0) is 19.7. The summed E-state index contributed by atoms with van der Waals surface area (Å²) in [6.45, 7) is 2.08. The first-order valence-electron chi connectivity index (χ1n) is 9.58. The molecule has 2 amide bonds. The molecule has 2 aromatic rings. The number of amides is 2. The predicted octanol–water partition coefficient (Wildman–Crippen LogP) is 2.98. The SMILES string of the molecule is O=C(Cc1ccc(F)cc1)N1CCN(C(=O)C2CC2c2ccc(F)cc2)CC1. The number of nitrogens with zero attached hydrogens (tertiary/aromatic N) is 2. The van der Waals surface area contributed by atoms with Gasteiger partial charge >= 0.3 is 0 Å². The lowest BCUT2D eigenvalue weighted by Gasteiger charge is -2.35. The van der Waals surface area contributed by atoms with Gasteiger partial charge in [-0.15, -0.1) is 0 Å². The van der Waals surface area contributed by atoms with Gasteiger partial charge in [0.15, 0.2) is 0 Å². The Morgan fingerprint density at radius 3 is 1.96 bits per heavy atom. The topological polar surface area (TPSA) is 40.6 Å². The lowest BCUT2D eigenvalue weighted by molar-refractivity contribution is -0.140. The van der Waals surface area contributed by atoms with Crippen LogP contribution in [0, 0.1) is 17.6 Å². The van der Waals surface area contributed by atoms with E-state index in [9.17, 15) is 18.4 Å². The van der Waals surface area contributed by atoms with Crippen molar-refractivity contribution in [1.29, 1.82) is 0 Å². The number of hydrogen-bond acceptors (Lipinski definition) is 2. The minimum atomic E-state index is -0.317. The van der Waals surface area contributed by atoms with Gasteiger partial charge < -0.3 is 9.80 Å². The Labute approximate surface area is 162 Å². The summed E-state index contributed by atoms with van der Waals surface area (Å²) in [4.78, 5) is 28.8. The van der Waals surface area contributed by atoms with Gasteiger partial charge in [0.2, 0.25) is 11.8 Å². The molecule has 0 spiro atoms. The van der Waals surface area contributed by atoms with Crippen molar-refractivity contribution < 1.29 is 18.4 Å². The maximum absolute atomic E-state index is 13.1. The zero-order valence-electron chi connectivity index (χ0n) is 15.5. The molecule has 0 bridgehead atoms. The first kappa shape index (κ1) is 18.6. The fourth-order valence-electron chi connectivity index (χ4n) is 3.85. The van der Waals surface area contributed by atoms with Crippen LogP contribution in [0.15, 0.2) is 48.5 Å². The molecule has 2 fully saturated rings. The number of halogens is 2. The Kier molecular flexibility index (Phi) is 5.11. The van der Waals surface area contributed by atoms with Crippen molar-refractivity contribution in [2.45, 2.75) is 18.8 Å². The van der Waals surface area contributed by atoms with E-state index in [1.165, 1.54) is 24.3 Å². The van der Waals surface area contributed by atoms with Crippen molar-refractivity contribution in [1.82, 2.24) is 9.80 Å². The minimum Gasteiger partial charge on any atom is -0.339 e. The van der Waals surface area contributed by atoms with Gasteiger partial charge in [-0.1, -0.05) is 24.3 Å². The highest BCUT2D eigenvalue weighted by Gasteiger charge is 2.46. The third-order valence-corrected chi connectivity index (χ3v) is 5.62.